The molecule has 3 aliphatic carbocycles. The second-order valence-electron chi connectivity index (χ2n) is 10.6. The summed E-state index contributed by atoms with van der Waals surface area (Å²) < 4.78 is 17.5. The highest BCUT2D eigenvalue weighted by Gasteiger charge is 2.52. The zero-order chi connectivity index (χ0) is 26.8. The summed E-state index contributed by atoms with van der Waals surface area (Å²) in [6.07, 6.45) is 3.78. The second kappa shape index (κ2) is 9.08. The summed E-state index contributed by atoms with van der Waals surface area (Å²) >= 11 is 0. The van der Waals surface area contributed by atoms with Crippen LogP contribution in [0.2, 0.25) is 0 Å². The van der Waals surface area contributed by atoms with E-state index in [4.69, 9.17) is 14.2 Å². The zero-order valence-electron chi connectivity index (χ0n) is 21.3. The molecule has 9 nitrogen and oxygen atoms in total. The number of phenolic OH excluding ortho intramolecular Hbond substituents is 2. The van der Waals surface area contributed by atoms with Crippen LogP contribution in [-0.2, 0) is 25.4 Å². The molecule has 1 fully saturated rings. The van der Waals surface area contributed by atoms with Crippen LogP contribution in [-0.4, -0.2) is 57.8 Å². The average Bonchev–Trinajstić information content (AvgIpc) is 2.86. The highest BCUT2D eigenvalue weighted by Crippen LogP contribution is 2.53. The molecule has 7 atom stereocenters. The molecule has 1 saturated heterocycles. The van der Waals surface area contributed by atoms with Gasteiger partial charge in [-0.15, -0.1) is 0 Å². The molecule has 9 heteroatoms. The Morgan fingerprint density at radius 2 is 1.81 bits per heavy atom. The fraction of sp³-hybridized carbons (Fsp3) is 0.536. The molecule has 37 heavy (non-hydrogen) atoms. The maximum absolute atomic E-state index is 13.7. The number of carbonyl (C=O) groups is 3. The van der Waals surface area contributed by atoms with Crippen LogP contribution in [0.4, 0.5) is 0 Å². The lowest BCUT2D eigenvalue weighted by atomic mass is 9.67. The van der Waals surface area contributed by atoms with E-state index in [1.165, 1.54) is 14.0 Å². The van der Waals surface area contributed by atoms with Crippen molar-refractivity contribution in [3.05, 3.63) is 46.2 Å². The van der Waals surface area contributed by atoms with E-state index < -0.39 is 58.7 Å². The fourth-order valence-corrected chi connectivity index (χ4v) is 6.02. The van der Waals surface area contributed by atoms with Crippen molar-refractivity contribution in [2.75, 3.05) is 7.11 Å². The minimum absolute atomic E-state index is 0.0179. The molecule has 4 aliphatic rings. The first kappa shape index (κ1) is 25.6. The Balaban J connectivity index is 1.66. The van der Waals surface area contributed by atoms with Gasteiger partial charge in [0.25, 0.3) is 0 Å². The summed E-state index contributed by atoms with van der Waals surface area (Å²) in [6.45, 7) is 5.24. The van der Waals surface area contributed by atoms with Gasteiger partial charge in [-0.3, -0.25) is 14.4 Å². The number of fused-ring (bicyclic) bond motifs is 3. The summed E-state index contributed by atoms with van der Waals surface area (Å²) in [5.41, 5.74) is -2.40. The molecular weight excluding hydrogens is 480 g/mol. The Labute approximate surface area is 214 Å². The summed E-state index contributed by atoms with van der Waals surface area (Å²) in [6, 6.07) is 0. The van der Waals surface area contributed by atoms with E-state index in [0.717, 1.165) is 6.42 Å². The van der Waals surface area contributed by atoms with Gasteiger partial charge in [-0.2, -0.15) is 0 Å². The molecule has 0 amide bonds. The number of carbonyl (C=O) groups excluding carboxylic acids is 3. The predicted molar refractivity (Wildman–Crippen MR) is 130 cm³/mol. The quantitative estimate of drug-likeness (QED) is 0.519. The number of Topliss-reactive ketones (excluding diaryl/α,β-unsaturated/α-hetero) is 3. The van der Waals surface area contributed by atoms with E-state index in [0.29, 0.717) is 12.3 Å². The molecule has 198 valence electrons. The highest BCUT2D eigenvalue weighted by atomic mass is 16.7. The number of allylic oxidation sites excluding steroid dienone is 4. The van der Waals surface area contributed by atoms with Crippen LogP contribution in [0.3, 0.4) is 0 Å². The van der Waals surface area contributed by atoms with Crippen molar-refractivity contribution in [3.8, 4) is 11.5 Å². The number of hydrogen-bond acceptors (Lipinski definition) is 9. The molecule has 0 saturated carbocycles. The fourth-order valence-electron chi connectivity index (χ4n) is 6.02. The Kier molecular flexibility index (Phi) is 6.29. The van der Waals surface area contributed by atoms with Gasteiger partial charge < -0.3 is 29.5 Å². The number of ether oxygens (including phenoxy) is 3. The average molecular weight is 513 g/mol. The Morgan fingerprint density at radius 3 is 2.46 bits per heavy atom. The first-order valence-electron chi connectivity index (χ1n) is 12.6. The highest BCUT2D eigenvalue weighted by molar-refractivity contribution is 6.20. The van der Waals surface area contributed by atoms with Crippen LogP contribution in [0.5, 0.6) is 11.5 Å². The van der Waals surface area contributed by atoms with Gasteiger partial charge >= 0.3 is 0 Å². The van der Waals surface area contributed by atoms with Crippen molar-refractivity contribution >= 4 is 17.3 Å². The molecule has 1 aliphatic heterocycles. The maximum Gasteiger partial charge on any atom is 0.179 e. The second-order valence-corrected chi connectivity index (χ2v) is 10.6. The van der Waals surface area contributed by atoms with Crippen LogP contribution < -0.4 is 0 Å². The molecule has 5 rings (SSSR count). The van der Waals surface area contributed by atoms with E-state index in [1.54, 1.807) is 18.2 Å². The first-order chi connectivity index (χ1) is 17.5. The Hall–Kier alpha value is -3.01. The number of methoxy groups -OCH3 is 1. The van der Waals surface area contributed by atoms with Gasteiger partial charge in [0.2, 0.25) is 0 Å². The van der Waals surface area contributed by atoms with Crippen molar-refractivity contribution in [2.24, 2.45) is 17.8 Å². The SMILES string of the molecule is COC1=CC=CC2C(=O)c3c(O)c4c(c(O)c3C(=O)C12)[C@@H](O[C@H]1CC[C@H](C)[C@H](C)O1)C[C@](O)(C(C)=O)C4. The Bertz CT molecular complexity index is 1240. The van der Waals surface area contributed by atoms with Gasteiger partial charge in [0.15, 0.2) is 23.6 Å². The van der Waals surface area contributed by atoms with E-state index in [9.17, 15) is 29.7 Å². The van der Waals surface area contributed by atoms with Crippen molar-refractivity contribution in [1.29, 1.82) is 0 Å². The summed E-state index contributed by atoms with van der Waals surface area (Å²) in [5, 5.41) is 34.1. The first-order valence-corrected chi connectivity index (χ1v) is 12.6. The van der Waals surface area contributed by atoms with Crippen LogP contribution in [0.15, 0.2) is 24.0 Å². The van der Waals surface area contributed by atoms with E-state index in [-0.39, 0.29) is 47.0 Å². The van der Waals surface area contributed by atoms with E-state index >= 15 is 0 Å². The number of benzene rings is 1. The van der Waals surface area contributed by atoms with Gasteiger partial charge in [0, 0.05) is 24.0 Å². The normalized spacial score (nSPS) is 34.8. The molecule has 1 heterocycles. The Morgan fingerprint density at radius 1 is 1.11 bits per heavy atom. The van der Waals surface area contributed by atoms with Crippen molar-refractivity contribution in [1.82, 2.24) is 0 Å². The number of aromatic hydroxyl groups is 2. The molecule has 1 aromatic carbocycles. The lowest BCUT2D eigenvalue weighted by molar-refractivity contribution is -0.233. The van der Waals surface area contributed by atoms with Gasteiger partial charge in [0.05, 0.1) is 42.3 Å². The van der Waals surface area contributed by atoms with Crippen LogP contribution in [0.1, 0.15) is 78.0 Å². The lowest BCUT2D eigenvalue weighted by Gasteiger charge is -2.41. The number of ketones is 3. The number of hydrogen-bond donors (Lipinski definition) is 3. The van der Waals surface area contributed by atoms with Crippen molar-refractivity contribution < 1.29 is 43.9 Å². The monoisotopic (exact) mass is 512 g/mol. The maximum atomic E-state index is 13.7. The number of rotatable bonds is 4. The summed E-state index contributed by atoms with van der Waals surface area (Å²) in [7, 11) is 1.40. The molecule has 0 bridgehead atoms. The number of phenols is 2. The van der Waals surface area contributed by atoms with E-state index in [2.05, 4.69) is 6.92 Å². The molecular formula is C28H32O9. The largest absolute Gasteiger partial charge is 0.507 e. The van der Waals surface area contributed by atoms with Gasteiger partial charge in [-0.05, 0) is 38.7 Å². The molecule has 3 N–H and O–H groups in total. The van der Waals surface area contributed by atoms with Crippen LogP contribution in [0.25, 0.3) is 0 Å². The third-order valence-corrected chi connectivity index (χ3v) is 8.46. The lowest BCUT2D eigenvalue weighted by Crippen LogP contribution is -2.46. The smallest absolute Gasteiger partial charge is 0.179 e. The number of aliphatic hydroxyl groups is 1. The van der Waals surface area contributed by atoms with Gasteiger partial charge in [-0.1, -0.05) is 19.1 Å². The summed E-state index contributed by atoms with van der Waals surface area (Å²) in [5.74, 6) is -3.95. The topological polar surface area (TPSA) is 140 Å². The molecule has 1 aromatic rings. The van der Waals surface area contributed by atoms with E-state index in [1.807, 2.05) is 6.92 Å². The van der Waals surface area contributed by atoms with Crippen LogP contribution >= 0.6 is 0 Å². The minimum Gasteiger partial charge on any atom is -0.507 e. The standard InChI is InChI=1S/C28H32O9/c1-12-8-9-19(36-13(12)2)37-18-11-28(34,14(3)29)10-16-21(18)27(33)23-22(25(16)31)24(30)15-6-5-7-17(35-4)20(15)26(23)32/h5-7,12-13,15,18-20,31,33-34H,8-11H2,1-4H3/t12-,13-,15?,18-,19-,20?,28-/m0/s1. The molecule has 0 radical (unpaired) electrons. The zero-order valence-corrected chi connectivity index (χ0v) is 21.3. The van der Waals surface area contributed by atoms with Gasteiger partial charge in [-0.25, -0.2) is 0 Å². The molecule has 2 unspecified atom stereocenters. The minimum atomic E-state index is -1.90. The third-order valence-electron chi connectivity index (χ3n) is 8.46. The predicted octanol–water partition coefficient (Wildman–Crippen LogP) is 3.29. The third kappa shape index (κ3) is 3.91. The van der Waals surface area contributed by atoms with Crippen molar-refractivity contribution in [2.45, 2.75) is 70.6 Å². The molecule has 0 aromatic heterocycles. The summed E-state index contributed by atoms with van der Waals surface area (Å²) in [4.78, 5) is 39.7. The molecule has 0 spiro atoms. The van der Waals surface area contributed by atoms with Crippen molar-refractivity contribution in [3.63, 3.8) is 0 Å². The van der Waals surface area contributed by atoms with Gasteiger partial charge in [0.1, 0.15) is 22.9 Å². The van der Waals surface area contributed by atoms with Crippen LogP contribution in [0, 0.1) is 17.8 Å².